The SMILES string of the molecule is CC(C)(CNCc1ccc(C(=O)O)cc1)c1cccc(Cl)c1. The van der Waals surface area contributed by atoms with Crippen LogP contribution in [0.3, 0.4) is 0 Å². The third-order valence-electron chi connectivity index (χ3n) is 3.70. The van der Waals surface area contributed by atoms with Crippen LogP contribution in [0.4, 0.5) is 0 Å². The average molecular weight is 318 g/mol. The van der Waals surface area contributed by atoms with Crippen molar-refractivity contribution >= 4 is 17.6 Å². The summed E-state index contributed by atoms with van der Waals surface area (Å²) in [6.07, 6.45) is 0. The summed E-state index contributed by atoms with van der Waals surface area (Å²) in [4.78, 5) is 10.8. The molecule has 22 heavy (non-hydrogen) atoms. The van der Waals surface area contributed by atoms with Crippen molar-refractivity contribution < 1.29 is 9.90 Å². The van der Waals surface area contributed by atoms with Crippen molar-refractivity contribution in [3.8, 4) is 0 Å². The van der Waals surface area contributed by atoms with Gasteiger partial charge in [-0.05, 0) is 35.4 Å². The Morgan fingerprint density at radius 3 is 2.45 bits per heavy atom. The van der Waals surface area contributed by atoms with E-state index in [1.54, 1.807) is 12.1 Å². The van der Waals surface area contributed by atoms with Gasteiger partial charge in [-0.15, -0.1) is 0 Å². The van der Waals surface area contributed by atoms with Crippen molar-refractivity contribution in [2.75, 3.05) is 6.54 Å². The van der Waals surface area contributed by atoms with Crippen LogP contribution in [0.5, 0.6) is 0 Å². The number of rotatable bonds is 6. The van der Waals surface area contributed by atoms with Crippen LogP contribution in [0.15, 0.2) is 48.5 Å². The first kappa shape index (κ1) is 16.5. The number of carbonyl (C=O) groups is 1. The van der Waals surface area contributed by atoms with Crippen molar-refractivity contribution in [2.45, 2.75) is 25.8 Å². The molecule has 0 saturated carbocycles. The molecule has 0 aliphatic heterocycles. The molecule has 2 rings (SSSR count). The summed E-state index contributed by atoms with van der Waals surface area (Å²) < 4.78 is 0. The topological polar surface area (TPSA) is 49.3 Å². The van der Waals surface area contributed by atoms with Gasteiger partial charge >= 0.3 is 5.97 Å². The smallest absolute Gasteiger partial charge is 0.335 e. The Hall–Kier alpha value is -1.84. The molecule has 0 atom stereocenters. The standard InChI is InChI=1S/C18H20ClNO2/c1-18(2,15-4-3-5-16(19)10-15)12-20-11-13-6-8-14(9-7-13)17(21)22/h3-10,20H,11-12H2,1-2H3,(H,21,22). The van der Waals surface area contributed by atoms with Crippen LogP contribution in [-0.2, 0) is 12.0 Å². The van der Waals surface area contributed by atoms with Gasteiger partial charge < -0.3 is 10.4 Å². The predicted molar refractivity (Wildman–Crippen MR) is 89.6 cm³/mol. The highest BCUT2D eigenvalue weighted by Gasteiger charge is 2.20. The lowest BCUT2D eigenvalue weighted by molar-refractivity contribution is 0.0697. The number of carboxylic acids is 1. The van der Waals surface area contributed by atoms with Crippen LogP contribution in [0.25, 0.3) is 0 Å². The maximum absolute atomic E-state index is 10.8. The van der Waals surface area contributed by atoms with Gasteiger partial charge in [0, 0.05) is 23.5 Å². The molecule has 0 unspecified atom stereocenters. The maximum atomic E-state index is 10.8. The second-order valence-corrected chi connectivity index (χ2v) is 6.44. The quantitative estimate of drug-likeness (QED) is 0.843. The van der Waals surface area contributed by atoms with Crippen LogP contribution >= 0.6 is 11.6 Å². The Labute approximate surface area is 135 Å². The molecule has 2 aromatic rings. The number of halogens is 1. The lowest BCUT2D eigenvalue weighted by atomic mass is 9.84. The number of benzene rings is 2. The van der Waals surface area contributed by atoms with E-state index in [1.165, 1.54) is 5.56 Å². The van der Waals surface area contributed by atoms with Crippen LogP contribution in [0, 0.1) is 0 Å². The van der Waals surface area contributed by atoms with Gasteiger partial charge in [-0.25, -0.2) is 4.79 Å². The Morgan fingerprint density at radius 1 is 1.18 bits per heavy atom. The van der Waals surface area contributed by atoms with Crippen LogP contribution in [0.1, 0.15) is 35.3 Å². The second kappa shape index (κ2) is 6.95. The number of hydrogen-bond donors (Lipinski definition) is 2. The molecule has 0 fully saturated rings. The molecule has 0 radical (unpaired) electrons. The molecule has 0 aliphatic carbocycles. The Bertz CT molecular complexity index is 650. The molecule has 0 amide bonds. The third-order valence-corrected chi connectivity index (χ3v) is 3.94. The lowest BCUT2D eigenvalue weighted by Gasteiger charge is -2.26. The molecule has 3 nitrogen and oxygen atoms in total. The monoisotopic (exact) mass is 317 g/mol. The fourth-order valence-corrected chi connectivity index (χ4v) is 2.49. The van der Waals surface area contributed by atoms with E-state index in [4.69, 9.17) is 16.7 Å². The average Bonchev–Trinajstić information content (AvgIpc) is 2.47. The molecule has 0 spiro atoms. The predicted octanol–water partition coefficient (Wildman–Crippen LogP) is 4.11. The molecule has 0 heterocycles. The first-order valence-corrected chi connectivity index (χ1v) is 7.55. The largest absolute Gasteiger partial charge is 0.478 e. The highest BCUT2D eigenvalue weighted by molar-refractivity contribution is 6.30. The summed E-state index contributed by atoms with van der Waals surface area (Å²) in [6.45, 7) is 5.83. The number of nitrogens with one attached hydrogen (secondary N) is 1. The normalized spacial score (nSPS) is 11.4. The molecule has 2 N–H and O–H groups in total. The van der Waals surface area contributed by atoms with Crippen molar-refractivity contribution in [3.05, 3.63) is 70.2 Å². The fraction of sp³-hybridized carbons (Fsp3) is 0.278. The van der Waals surface area contributed by atoms with E-state index in [9.17, 15) is 4.79 Å². The molecule has 0 aromatic heterocycles. The molecular formula is C18H20ClNO2. The number of carboxylic acid groups (broad SMARTS) is 1. The van der Waals surface area contributed by atoms with E-state index < -0.39 is 5.97 Å². The number of aromatic carboxylic acids is 1. The zero-order chi connectivity index (χ0) is 16.2. The van der Waals surface area contributed by atoms with Crippen molar-refractivity contribution in [1.82, 2.24) is 5.32 Å². The van der Waals surface area contributed by atoms with Crippen molar-refractivity contribution in [1.29, 1.82) is 0 Å². The first-order valence-electron chi connectivity index (χ1n) is 7.17. The van der Waals surface area contributed by atoms with Gasteiger partial charge in [0.15, 0.2) is 0 Å². The first-order chi connectivity index (χ1) is 10.4. The summed E-state index contributed by atoms with van der Waals surface area (Å²) in [6, 6.07) is 14.8. The highest BCUT2D eigenvalue weighted by atomic mass is 35.5. The Balaban J connectivity index is 1.93. The minimum atomic E-state index is -0.901. The fourth-order valence-electron chi connectivity index (χ4n) is 2.30. The van der Waals surface area contributed by atoms with Gasteiger partial charge in [-0.1, -0.05) is 49.7 Å². The zero-order valence-corrected chi connectivity index (χ0v) is 13.5. The molecule has 0 bridgehead atoms. The van der Waals surface area contributed by atoms with Crippen molar-refractivity contribution in [3.63, 3.8) is 0 Å². The van der Waals surface area contributed by atoms with E-state index in [1.807, 2.05) is 30.3 Å². The third kappa shape index (κ3) is 4.33. The molecule has 116 valence electrons. The maximum Gasteiger partial charge on any atom is 0.335 e. The molecule has 0 aliphatic rings. The van der Waals surface area contributed by atoms with E-state index in [-0.39, 0.29) is 5.41 Å². The summed E-state index contributed by atoms with van der Waals surface area (Å²) in [5, 5.41) is 13.0. The summed E-state index contributed by atoms with van der Waals surface area (Å²) in [7, 11) is 0. The van der Waals surface area contributed by atoms with Gasteiger partial charge in [0.1, 0.15) is 0 Å². The van der Waals surface area contributed by atoms with Gasteiger partial charge in [0.05, 0.1) is 5.56 Å². The Kier molecular flexibility index (Phi) is 5.22. The summed E-state index contributed by atoms with van der Waals surface area (Å²) in [5.74, 6) is -0.901. The Morgan fingerprint density at radius 2 is 1.86 bits per heavy atom. The van der Waals surface area contributed by atoms with Gasteiger partial charge in [-0.3, -0.25) is 0 Å². The zero-order valence-electron chi connectivity index (χ0n) is 12.8. The number of hydrogen-bond acceptors (Lipinski definition) is 2. The molecule has 2 aromatic carbocycles. The minimum absolute atomic E-state index is 0.0358. The second-order valence-electron chi connectivity index (χ2n) is 6.00. The lowest BCUT2D eigenvalue weighted by Crippen LogP contribution is -2.32. The van der Waals surface area contributed by atoms with E-state index >= 15 is 0 Å². The van der Waals surface area contributed by atoms with Crippen LogP contribution in [-0.4, -0.2) is 17.6 Å². The van der Waals surface area contributed by atoms with E-state index in [0.717, 1.165) is 17.1 Å². The minimum Gasteiger partial charge on any atom is -0.478 e. The molecular weight excluding hydrogens is 298 g/mol. The van der Waals surface area contributed by atoms with E-state index in [0.29, 0.717) is 12.1 Å². The van der Waals surface area contributed by atoms with Gasteiger partial charge in [0.25, 0.3) is 0 Å². The molecule has 4 heteroatoms. The van der Waals surface area contributed by atoms with Gasteiger partial charge in [-0.2, -0.15) is 0 Å². The van der Waals surface area contributed by atoms with E-state index in [2.05, 4.69) is 25.2 Å². The summed E-state index contributed by atoms with van der Waals surface area (Å²) >= 11 is 6.05. The summed E-state index contributed by atoms with van der Waals surface area (Å²) in [5.41, 5.74) is 2.52. The van der Waals surface area contributed by atoms with Crippen molar-refractivity contribution in [2.24, 2.45) is 0 Å². The van der Waals surface area contributed by atoms with Gasteiger partial charge in [0.2, 0.25) is 0 Å². The van der Waals surface area contributed by atoms with Crippen LogP contribution < -0.4 is 5.32 Å². The highest BCUT2D eigenvalue weighted by Crippen LogP contribution is 2.24. The van der Waals surface area contributed by atoms with Crippen LogP contribution in [0.2, 0.25) is 5.02 Å². The molecule has 0 saturated heterocycles.